The summed E-state index contributed by atoms with van der Waals surface area (Å²) < 4.78 is 10.0. The van der Waals surface area contributed by atoms with Crippen LogP contribution in [0.5, 0.6) is 0 Å². The van der Waals surface area contributed by atoms with Crippen LogP contribution in [0, 0.1) is 0 Å². The maximum Gasteiger partial charge on any atom is 0.320 e. The van der Waals surface area contributed by atoms with Crippen LogP contribution in [0.1, 0.15) is 13.3 Å². The second kappa shape index (κ2) is 6.70. The maximum absolute atomic E-state index is 12.0. The monoisotopic (exact) mass is 230 g/mol. The van der Waals surface area contributed by atoms with E-state index in [0.717, 1.165) is 13.0 Å². The van der Waals surface area contributed by atoms with E-state index in [4.69, 9.17) is 9.47 Å². The fourth-order valence-electron chi connectivity index (χ4n) is 1.97. The quantitative estimate of drug-likeness (QED) is 0.649. The third-order valence-corrected chi connectivity index (χ3v) is 2.96. The van der Waals surface area contributed by atoms with Crippen LogP contribution >= 0.6 is 0 Å². The van der Waals surface area contributed by atoms with Crippen molar-refractivity contribution in [3.8, 4) is 0 Å². The molecule has 1 saturated heterocycles. The second-order valence-electron chi connectivity index (χ2n) is 3.97. The first kappa shape index (κ1) is 13.3. The Hall–Kier alpha value is -0.810. The molecule has 5 heteroatoms. The second-order valence-corrected chi connectivity index (χ2v) is 3.97. The SMILES string of the molecule is CCC1CN(CCOC)C(=O)N1CCOC. The number of carbonyl (C=O) groups excluding carboxylic acids is 1. The predicted molar refractivity (Wildman–Crippen MR) is 61.5 cm³/mol. The van der Waals surface area contributed by atoms with Gasteiger partial charge in [-0.05, 0) is 6.42 Å². The molecule has 1 aliphatic rings. The highest BCUT2D eigenvalue weighted by Crippen LogP contribution is 2.17. The summed E-state index contributed by atoms with van der Waals surface area (Å²) in [6, 6.07) is 0.431. The van der Waals surface area contributed by atoms with Gasteiger partial charge in [0, 0.05) is 33.9 Å². The molecule has 2 amide bonds. The average molecular weight is 230 g/mol. The van der Waals surface area contributed by atoms with Crippen molar-refractivity contribution < 1.29 is 14.3 Å². The van der Waals surface area contributed by atoms with E-state index in [0.29, 0.717) is 32.3 Å². The number of urea groups is 1. The maximum atomic E-state index is 12.0. The van der Waals surface area contributed by atoms with E-state index < -0.39 is 0 Å². The molecule has 94 valence electrons. The van der Waals surface area contributed by atoms with Crippen molar-refractivity contribution in [3.63, 3.8) is 0 Å². The van der Waals surface area contributed by atoms with Crippen LogP contribution in [0.15, 0.2) is 0 Å². The Morgan fingerprint density at radius 3 is 2.44 bits per heavy atom. The van der Waals surface area contributed by atoms with Gasteiger partial charge in [-0.2, -0.15) is 0 Å². The van der Waals surface area contributed by atoms with E-state index in [1.54, 1.807) is 14.2 Å². The lowest BCUT2D eigenvalue weighted by Crippen LogP contribution is -2.37. The molecule has 0 aliphatic carbocycles. The highest BCUT2D eigenvalue weighted by Gasteiger charge is 2.35. The number of methoxy groups -OCH3 is 2. The normalized spacial score (nSPS) is 20.9. The number of nitrogens with zero attached hydrogens (tertiary/aromatic N) is 2. The Morgan fingerprint density at radius 2 is 1.88 bits per heavy atom. The molecule has 0 bridgehead atoms. The summed E-state index contributed by atoms with van der Waals surface area (Å²) in [7, 11) is 3.31. The third kappa shape index (κ3) is 3.09. The average Bonchev–Trinajstić information content (AvgIpc) is 2.60. The van der Waals surface area contributed by atoms with Crippen molar-refractivity contribution in [2.24, 2.45) is 0 Å². The van der Waals surface area contributed by atoms with Crippen molar-refractivity contribution in [2.75, 3.05) is 47.1 Å². The predicted octanol–water partition coefficient (Wildman–Crippen LogP) is 0.795. The molecule has 1 atom stereocenters. The van der Waals surface area contributed by atoms with E-state index in [9.17, 15) is 4.79 Å². The highest BCUT2D eigenvalue weighted by molar-refractivity contribution is 5.77. The first-order chi connectivity index (χ1) is 7.74. The largest absolute Gasteiger partial charge is 0.383 e. The molecule has 1 heterocycles. The molecule has 5 nitrogen and oxygen atoms in total. The van der Waals surface area contributed by atoms with Crippen molar-refractivity contribution in [1.82, 2.24) is 9.80 Å². The van der Waals surface area contributed by atoms with E-state index in [1.165, 1.54) is 0 Å². The van der Waals surface area contributed by atoms with E-state index >= 15 is 0 Å². The fraction of sp³-hybridized carbons (Fsp3) is 0.909. The zero-order valence-corrected chi connectivity index (χ0v) is 10.4. The minimum absolute atomic E-state index is 0.112. The minimum Gasteiger partial charge on any atom is -0.383 e. The van der Waals surface area contributed by atoms with Gasteiger partial charge in [-0.1, -0.05) is 6.92 Å². The molecule has 1 unspecified atom stereocenters. The van der Waals surface area contributed by atoms with Crippen LogP contribution in [0.3, 0.4) is 0 Å². The van der Waals surface area contributed by atoms with Gasteiger partial charge in [0.15, 0.2) is 0 Å². The lowest BCUT2D eigenvalue weighted by molar-refractivity contribution is 0.137. The molecule has 0 spiro atoms. The van der Waals surface area contributed by atoms with E-state index in [2.05, 4.69) is 6.92 Å². The van der Waals surface area contributed by atoms with Crippen molar-refractivity contribution in [1.29, 1.82) is 0 Å². The van der Waals surface area contributed by atoms with Gasteiger partial charge in [0.2, 0.25) is 0 Å². The van der Waals surface area contributed by atoms with Gasteiger partial charge in [0.1, 0.15) is 0 Å². The Bertz CT molecular complexity index is 223. The summed E-state index contributed by atoms with van der Waals surface area (Å²) >= 11 is 0. The van der Waals surface area contributed by atoms with Crippen molar-refractivity contribution >= 4 is 6.03 Å². The van der Waals surface area contributed by atoms with Gasteiger partial charge < -0.3 is 19.3 Å². The molecule has 0 radical (unpaired) electrons. The molecular weight excluding hydrogens is 208 g/mol. The molecule has 0 aromatic rings. The standard InChI is InChI=1S/C11H22N2O3/c1-4-10-9-12(5-7-15-2)11(14)13(10)6-8-16-3/h10H,4-9H2,1-3H3. The lowest BCUT2D eigenvalue weighted by Gasteiger charge is -2.21. The zero-order chi connectivity index (χ0) is 12.0. The minimum atomic E-state index is 0.112. The topological polar surface area (TPSA) is 42.0 Å². The summed E-state index contributed by atoms with van der Waals surface area (Å²) in [5, 5.41) is 0. The van der Waals surface area contributed by atoms with Crippen LogP contribution in [0.2, 0.25) is 0 Å². The Kier molecular flexibility index (Phi) is 5.55. The molecule has 0 aromatic heterocycles. The number of hydrogen-bond donors (Lipinski definition) is 0. The van der Waals surface area contributed by atoms with Gasteiger partial charge in [0.05, 0.1) is 19.3 Å². The summed E-state index contributed by atoms with van der Waals surface area (Å²) in [4.78, 5) is 15.8. The molecule has 0 saturated carbocycles. The van der Waals surface area contributed by atoms with Crippen LogP contribution < -0.4 is 0 Å². The van der Waals surface area contributed by atoms with Gasteiger partial charge in [-0.15, -0.1) is 0 Å². The van der Waals surface area contributed by atoms with Crippen LogP contribution in [-0.4, -0.2) is 68.9 Å². The Morgan fingerprint density at radius 1 is 1.25 bits per heavy atom. The fourth-order valence-corrected chi connectivity index (χ4v) is 1.97. The molecule has 1 rings (SSSR count). The van der Waals surface area contributed by atoms with Crippen LogP contribution in [-0.2, 0) is 9.47 Å². The van der Waals surface area contributed by atoms with E-state index in [1.807, 2.05) is 9.80 Å². The van der Waals surface area contributed by atoms with Crippen LogP contribution in [0.4, 0.5) is 4.79 Å². The first-order valence-corrected chi connectivity index (χ1v) is 5.78. The first-order valence-electron chi connectivity index (χ1n) is 5.78. The number of rotatable bonds is 7. The number of hydrogen-bond acceptors (Lipinski definition) is 3. The third-order valence-electron chi connectivity index (χ3n) is 2.96. The molecule has 16 heavy (non-hydrogen) atoms. The Balaban J connectivity index is 2.51. The van der Waals surface area contributed by atoms with Crippen LogP contribution in [0.25, 0.3) is 0 Å². The summed E-state index contributed by atoms with van der Waals surface area (Å²) in [6.07, 6.45) is 0.985. The summed E-state index contributed by atoms with van der Waals surface area (Å²) in [5.74, 6) is 0. The molecule has 0 aromatic carbocycles. The van der Waals surface area contributed by atoms with Gasteiger partial charge >= 0.3 is 6.03 Å². The number of ether oxygens (including phenoxy) is 2. The molecule has 1 aliphatic heterocycles. The number of amides is 2. The summed E-state index contributed by atoms with van der Waals surface area (Å²) in [6.45, 7) is 5.47. The smallest absolute Gasteiger partial charge is 0.320 e. The van der Waals surface area contributed by atoms with Gasteiger partial charge in [-0.3, -0.25) is 0 Å². The zero-order valence-electron chi connectivity index (χ0n) is 10.4. The van der Waals surface area contributed by atoms with Crippen molar-refractivity contribution in [3.05, 3.63) is 0 Å². The summed E-state index contributed by atoms with van der Waals surface area (Å²) in [5.41, 5.74) is 0. The van der Waals surface area contributed by atoms with Gasteiger partial charge in [-0.25, -0.2) is 4.79 Å². The molecular formula is C11H22N2O3. The molecule has 0 N–H and O–H groups in total. The Labute approximate surface area is 97.3 Å². The van der Waals surface area contributed by atoms with E-state index in [-0.39, 0.29) is 6.03 Å². The number of carbonyl (C=O) groups is 1. The molecule has 1 fully saturated rings. The lowest BCUT2D eigenvalue weighted by atomic mass is 10.2. The van der Waals surface area contributed by atoms with Crippen molar-refractivity contribution in [2.45, 2.75) is 19.4 Å². The van der Waals surface area contributed by atoms with Gasteiger partial charge in [0.25, 0.3) is 0 Å². The highest BCUT2D eigenvalue weighted by atomic mass is 16.5.